The third-order valence-corrected chi connectivity index (χ3v) is 12.9. The maximum atomic E-state index is 14.8. The van der Waals surface area contributed by atoms with Crippen LogP contribution in [0.3, 0.4) is 0 Å². The van der Waals surface area contributed by atoms with Crippen molar-refractivity contribution in [3.63, 3.8) is 0 Å². The minimum Gasteiger partial charge on any atom is -0.508 e. The van der Waals surface area contributed by atoms with Gasteiger partial charge in [0, 0.05) is 93.4 Å². The van der Waals surface area contributed by atoms with E-state index in [0.717, 1.165) is 70.6 Å². The van der Waals surface area contributed by atoms with Gasteiger partial charge in [-0.3, -0.25) is 14.4 Å². The molecule has 3 saturated heterocycles. The van der Waals surface area contributed by atoms with Crippen LogP contribution in [0.1, 0.15) is 27.0 Å². The van der Waals surface area contributed by atoms with Crippen LogP contribution in [0.2, 0.25) is 0 Å². The highest BCUT2D eigenvalue weighted by Gasteiger charge is 2.51. The largest absolute Gasteiger partial charge is 0.508 e. The number of phenols is 1. The minimum atomic E-state index is -0.917. The van der Waals surface area contributed by atoms with E-state index in [-0.39, 0.29) is 62.6 Å². The first-order chi connectivity index (χ1) is 32.0. The normalized spacial score (nSPS) is 18.1. The number of hydrogen-bond donors (Lipinski definition) is 3. The SMILES string of the molecule is C=CCN1CC(=O)N2[C@@H](Cc3ccc(O)cc3)C(=O)N(Cc3cccc4c(-c5ccc(NC(=O)c6ccc(N7CCN(C)CC7)cc6)cc5)cn(C)c34)C[C@@H]2N1C(=O)NCc1ccccc1. The van der Waals surface area contributed by atoms with Gasteiger partial charge >= 0.3 is 6.03 Å². The molecule has 0 radical (unpaired) electrons. The predicted molar refractivity (Wildman–Crippen MR) is 256 cm³/mol. The van der Waals surface area contributed by atoms with E-state index in [1.54, 1.807) is 50.2 Å². The second-order valence-corrected chi connectivity index (χ2v) is 17.3. The number of nitrogens with zero attached hydrogens (tertiary/aromatic N) is 7. The lowest BCUT2D eigenvalue weighted by Crippen LogP contribution is -2.76. The molecule has 338 valence electrons. The van der Waals surface area contributed by atoms with Crippen molar-refractivity contribution in [1.82, 2.24) is 34.6 Å². The summed E-state index contributed by atoms with van der Waals surface area (Å²) in [4.78, 5) is 64.5. The summed E-state index contributed by atoms with van der Waals surface area (Å²) in [5.41, 5.74) is 7.89. The van der Waals surface area contributed by atoms with Crippen molar-refractivity contribution in [3.8, 4) is 16.9 Å². The number of phenolic OH excluding ortho intramolecular Hbond substituents is 1. The number of likely N-dealkylation sites (N-methyl/N-ethyl adjacent to an activating group) is 1. The van der Waals surface area contributed by atoms with Gasteiger partial charge in [-0.1, -0.05) is 78.9 Å². The second-order valence-electron chi connectivity index (χ2n) is 17.3. The molecule has 3 aliphatic rings. The number of hydrazine groups is 1. The van der Waals surface area contributed by atoms with Crippen molar-refractivity contribution in [2.45, 2.75) is 31.7 Å². The molecule has 3 N–H and O–H groups in total. The number of carbonyl (C=O) groups is 4. The predicted octanol–water partition coefficient (Wildman–Crippen LogP) is 6.29. The van der Waals surface area contributed by atoms with Gasteiger partial charge in [0.15, 0.2) is 0 Å². The average molecular weight is 886 g/mol. The van der Waals surface area contributed by atoms with Crippen LogP contribution < -0.4 is 15.5 Å². The number of benzene rings is 5. The van der Waals surface area contributed by atoms with Crippen molar-refractivity contribution < 1.29 is 24.3 Å². The fraction of sp³-hybridized carbons (Fsp3) is 0.269. The second kappa shape index (κ2) is 19.0. The maximum Gasteiger partial charge on any atom is 0.334 e. The summed E-state index contributed by atoms with van der Waals surface area (Å²) in [6.07, 6.45) is 3.11. The van der Waals surface area contributed by atoms with Crippen LogP contribution in [0.15, 0.2) is 140 Å². The van der Waals surface area contributed by atoms with E-state index in [4.69, 9.17) is 0 Å². The smallest absolute Gasteiger partial charge is 0.334 e. The number of rotatable bonds is 12. The Hall–Kier alpha value is -7.42. The Labute approximate surface area is 384 Å². The van der Waals surface area contributed by atoms with Crippen molar-refractivity contribution in [2.75, 3.05) is 63.1 Å². The number of anilines is 2. The summed E-state index contributed by atoms with van der Waals surface area (Å²) in [5, 5.41) is 20.4. The third kappa shape index (κ3) is 9.10. The summed E-state index contributed by atoms with van der Waals surface area (Å²) in [5.74, 6) is -0.574. The molecular weight excluding hydrogens is 831 g/mol. The minimum absolute atomic E-state index is 0.0737. The van der Waals surface area contributed by atoms with Gasteiger partial charge in [0.05, 0.1) is 18.6 Å². The van der Waals surface area contributed by atoms with Gasteiger partial charge in [0.2, 0.25) is 11.8 Å². The van der Waals surface area contributed by atoms with Crippen LogP contribution in [-0.4, -0.2) is 123 Å². The Morgan fingerprint density at radius 1 is 0.818 bits per heavy atom. The van der Waals surface area contributed by atoms with Gasteiger partial charge in [0.25, 0.3) is 5.91 Å². The van der Waals surface area contributed by atoms with Gasteiger partial charge in [0.1, 0.15) is 18.0 Å². The molecule has 0 aliphatic carbocycles. The molecule has 14 nitrogen and oxygen atoms in total. The fourth-order valence-corrected chi connectivity index (χ4v) is 9.49. The Morgan fingerprint density at radius 2 is 1.55 bits per heavy atom. The number of urea groups is 1. The zero-order chi connectivity index (χ0) is 45.9. The molecular formula is C52H55N9O5. The molecule has 9 rings (SSSR count). The summed E-state index contributed by atoms with van der Waals surface area (Å²) in [6.45, 7) is 8.57. The molecule has 1 aromatic heterocycles. The molecule has 3 aliphatic heterocycles. The first-order valence-electron chi connectivity index (χ1n) is 22.4. The number of amides is 5. The van der Waals surface area contributed by atoms with Crippen molar-refractivity contribution >= 4 is 46.0 Å². The zero-order valence-corrected chi connectivity index (χ0v) is 37.3. The molecule has 2 atom stereocenters. The fourth-order valence-electron chi connectivity index (χ4n) is 9.49. The molecule has 6 aromatic rings. The quantitative estimate of drug-likeness (QED) is 0.122. The number of aromatic nitrogens is 1. The number of nitrogens with one attached hydrogen (secondary N) is 2. The Kier molecular flexibility index (Phi) is 12.6. The molecule has 3 fully saturated rings. The number of carbonyl (C=O) groups excluding carboxylic acids is 4. The van der Waals surface area contributed by atoms with Crippen LogP contribution >= 0.6 is 0 Å². The number of aryl methyl sites for hydroxylation is 1. The van der Waals surface area contributed by atoms with Gasteiger partial charge in [-0.25, -0.2) is 14.8 Å². The van der Waals surface area contributed by atoms with Crippen LogP contribution in [0.4, 0.5) is 16.2 Å². The zero-order valence-electron chi connectivity index (χ0n) is 37.3. The Balaban J connectivity index is 0.969. The number of para-hydroxylation sites is 1. The first-order valence-corrected chi connectivity index (χ1v) is 22.4. The van der Waals surface area contributed by atoms with Crippen LogP contribution in [0.5, 0.6) is 5.75 Å². The van der Waals surface area contributed by atoms with Crippen molar-refractivity contribution in [2.24, 2.45) is 7.05 Å². The maximum absolute atomic E-state index is 14.8. The molecule has 4 heterocycles. The number of hydrogen-bond acceptors (Lipinski definition) is 8. The molecule has 66 heavy (non-hydrogen) atoms. The van der Waals surface area contributed by atoms with Crippen LogP contribution in [0.25, 0.3) is 22.0 Å². The van der Waals surface area contributed by atoms with Crippen LogP contribution in [-0.2, 0) is 36.1 Å². The lowest BCUT2D eigenvalue weighted by molar-refractivity contribution is -0.189. The first kappa shape index (κ1) is 43.8. The van der Waals surface area contributed by atoms with Crippen molar-refractivity contribution in [1.29, 1.82) is 0 Å². The number of piperazine rings is 2. The monoisotopic (exact) mass is 885 g/mol. The van der Waals surface area contributed by atoms with E-state index in [9.17, 15) is 24.3 Å². The third-order valence-electron chi connectivity index (χ3n) is 12.9. The average Bonchev–Trinajstić information content (AvgIpc) is 3.67. The number of aromatic hydroxyl groups is 1. The van der Waals surface area contributed by atoms with Gasteiger partial charge < -0.3 is 39.9 Å². The summed E-state index contributed by atoms with van der Waals surface area (Å²) >= 11 is 0. The lowest BCUT2D eigenvalue weighted by Gasteiger charge is -2.55. The summed E-state index contributed by atoms with van der Waals surface area (Å²) in [7, 11) is 4.12. The van der Waals surface area contributed by atoms with Crippen LogP contribution in [0, 0.1) is 0 Å². The lowest BCUT2D eigenvalue weighted by atomic mass is 9.97. The van der Waals surface area contributed by atoms with E-state index in [1.165, 1.54) is 0 Å². The molecule has 0 unspecified atom stereocenters. The molecule has 5 aromatic carbocycles. The summed E-state index contributed by atoms with van der Waals surface area (Å²) in [6, 6.07) is 36.6. The van der Waals surface area contributed by atoms with E-state index < -0.39 is 18.2 Å². The highest BCUT2D eigenvalue weighted by atomic mass is 16.3. The molecule has 0 bridgehead atoms. The molecule has 5 amide bonds. The van der Waals surface area contributed by atoms with E-state index in [0.29, 0.717) is 11.3 Å². The molecule has 0 spiro atoms. The van der Waals surface area contributed by atoms with Crippen molar-refractivity contribution in [3.05, 3.63) is 162 Å². The van der Waals surface area contributed by atoms with Gasteiger partial charge in [-0.15, -0.1) is 6.58 Å². The molecule has 14 heteroatoms. The van der Waals surface area contributed by atoms with Gasteiger partial charge in [-0.2, -0.15) is 0 Å². The molecule has 0 saturated carbocycles. The summed E-state index contributed by atoms with van der Waals surface area (Å²) < 4.78 is 2.06. The Morgan fingerprint density at radius 3 is 2.26 bits per heavy atom. The van der Waals surface area contributed by atoms with E-state index in [2.05, 4.69) is 50.9 Å². The highest BCUT2D eigenvalue weighted by molar-refractivity contribution is 6.05. The van der Waals surface area contributed by atoms with E-state index >= 15 is 0 Å². The standard InChI is InChI=1S/C52H55N9O5/c1-4-25-59-35-48(63)60-46(30-36-13-23-43(62)24-14-36)51(65)58(34-47(60)61(59)52(66)53-31-37-9-6-5-7-10-37)32-40-11-8-12-44-45(33-56(3)49(40)44)38-15-19-41(20-16-38)54-50(64)39-17-21-42(22-18-39)57-28-26-55(2)27-29-57/h4-24,33,46-47,62H,1,25-32,34-35H2,2-3H3,(H,53,66)(H,54,64)/t46-,47-/m0/s1. The number of fused-ring (bicyclic) bond motifs is 2. The topological polar surface area (TPSA) is 137 Å². The van der Waals surface area contributed by atoms with Gasteiger partial charge in [-0.05, 0) is 77.8 Å². The Bertz CT molecular complexity index is 2730. The highest BCUT2D eigenvalue weighted by Crippen LogP contribution is 2.35. The van der Waals surface area contributed by atoms with E-state index in [1.807, 2.05) is 98.0 Å².